The number of hydrogen-bond acceptors (Lipinski definition) is 1. The Kier molecular flexibility index (Phi) is 4.22. The number of benzene rings is 2. The summed E-state index contributed by atoms with van der Waals surface area (Å²) in [5.74, 6) is 0. The molecule has 2 aromatic carbocycles. The van der Waals surface area contributed by atoms with Gasteiger partial charge < -0.3 is 10.4 Å². The number of carbonyl (C=O) groups is 1. The fourth-order valence-electron chi connectivity index (χ4n) is 3.17. The Hall–Kier alpha value is -2.50. The molecule has 0 saturated carbocycles. The number of amides is 1. The summed E-state index contributed by atoms with van der Waals surface area (Å²) in [5, 5.41) is 11.4. The minimum absolute atomic E-state index is 0.262. The normalized spacial score (nSPS) is 17.2. The van der Waals surface area contributed by atoms with E-state index in [-0.39, 0.29) is 6.04 Å². The molecule has 1 unspecified atom stereocenters. The summed E-state index contributed by atoms with van der Waals surface area (Å²) in [4.78, 5) is 10.9. The Morgan fingerprint density at radius 1 is 1.12 bits per heavy atom. The highest BCUT2D eigenvalue weighted by Gasteiger charge is 2.30. The maximum absolute atomic E-state index is 12.9. The molecule has 126 valence electrons. The number of rotatable bonds is 2. The largest absolute Gasteiger partial charge is 0.465 e. The van der Waals surface area contributed by atoms with Crippen LogP contribution < -0.4 is 5.32 Å². The van der Waals surface area contributed by atoms with E-state index >= 15 is 0 Å². The zero-order valence-corrected chi connectivity index (χ0v) is 12.7. The third-order valence-corrected chi connectivity index (χ3v) is 4.28. The van der Waals surface area contributed by atoms with Gasteiger partial charge in [0.15, 0.2) is 0 Å². The van der Waals surface area contributed by atoms with Crippen LogP contribution in [0.15, 0.2) is 42.5 Å². The summed E-state index contributed by atoms with van der Waals surface area (Å²) in [6, 6.07) is 10.4. The first kappa shape index (κ1) is 16.4. The van der Waals surface area contributed by atoms with Crippen molar-refractivity contribution in [2.45, 2.75) is 31.5 Å². The molecule has 0 radical (unpaired) electrons. The van der Waals surface area contributed by atoms with Crippen LogP contribution in [0.2, 0.25) is 0 Å². The number of fused-ring (bicyclic) bond motifs is 1. The highest BCUT2D eigenvalue weighted by Crippen LogP contribution is 2.35. The maximum Gasteiger partial charge on any atom is 0.416 e. The van der Waals surface area contributed by atoms with Crippen LogP contribution in [-0.4, -0.2) is 11.2 Å². The number of alkyl halides is 3. The van der Waals surface area contributed by atoms with Crippen molar-refractivity contribution in [2.24, 2.45) is 0 Å². The van der Waals surface area contributed by atoms with Crippen LogP contribution in [0.4, 0.5) is 18.0 Å². The van der Waals surface area contributed by atoms with Gasteiger partial charge in [-0.2, -0.15) is 13.2 Å². The van der Waals surface area contributed by atoms with Crippen molar-refractivity contribution in [3.63, 3.8) is 0 Å². The number of carboxylic acid groups (broad SMARTS) is 1. The summed E-state index contributed by atoms with van der Waals surface area (Å²) in [6.45, 7) is 0. The Morgan fingerprint density at radius 2 is 1.88 bits per heavy atom. The zero-order chi connectivity index (χ0) is 17.3. The highest BCUT2D eigenvalue weighted by atomic mass is 19.4. The second-order valence-electron chi connectivity index (χ2n) is 5.89. The van der Waals surface area contributed by atoms with Crippen molar-refractivity contribution in [3.8, 4) is 11.1 Å². The van der Waals surface area contributed by atoms with Crippen LogP contribution in [0.3, 0.4) is 0 Å². The lowest BCUT2D eigenvalue weighted by Gasteiger charge is -2.26. The summed E-state index contributed by atoms with van der Waals surface area (Å²) in [6.07, 6.45) is -3.10. The fourth-order valence-corrected chi connectivity index (χ4v) is 3.17. The summed E-state index contributed by atoms with van der Waals surface area (Å²) in [5.41, 5.74) is 2.41. The van der Waals surface area contributed by atoms with Gasteiger partial charge in [0.05, 0.1) is 11.6 Å². The lowest BCUT2D eigenvalue weighted by atomic mass is 9.85. The van der Waals surface area contributed by atoms with E-state index in [0.29, 0.717) is 11.1 Å². The molecule has 6 heteroatoms. The molecule has 2 aromatic rings. The minimum atomic E-state index is -4.37. The topological polar surface area (TPSA) is 49.3 Å². The third kappa shape index (κ3) is 3.37. The van der Waals surface area contributed by atoms with E-state index in [0.717, 1.165) is 42.5 Å². The molecule has 3 nitrogen and oxygen atoms in total. The molecule has 1 aliphatic rings. The molecule has 0 heterocycles. The van der Waals surface area contributed by atoms with Crippen LogP contribution >= 0.6 is 0 Å². The highest BCUT2D eigenvalue weighted by molar-refractivity contribution is 5.68. The van der Waals surface area contributed by atoms with Gasteiger partial charge >= 0.3 is 12.3 Å². The zero-order valence-electron chi connectivity index (χ0n) is 12.7. The van der Waals surface area contributed by atoms with E-state index in [1.165, 1.54) is 6.07 Å². The summed E-state index contributed by atoms with van der Waals surface area (Å²) in [7, 11) is 0. The third-order valence-electron chi connectivity index (χ3n) is 4.28. The molecule has 1 amide bonds. The second-order valence-corrected chi connectivity index (χ2v) is 5.89. The summed E-state index contributed by atoms with van der Waals surface area (Å²) >= 11 is 0. The van der Waals surface area contributed by atoms with E-state index in [4.69, 9.17) is 5.11 Å². The quantitative estimate of drug-likeness (QED) is 0.810. The van der Waals surface area contributed by atoms with Crippen molar-refractivity contribution in [1.29, 1.82) is 0 Å². The van der Waals surface area contributed by atoms with Crippen LogP contribution in [-0.2, 0) is 12.6 Å². The van der Waals surface area contributed by atoms with Crippen molar-refractivity contribution < 1.29 is 23.1 Å². The molecule has 1 atom stereocenters. The standard InChI is InChI=1S/C18H16F3NO2/c19-18(20,21)14-5-1-3-11(10-14)12-7-8-15-13(9-12)4-2-6-16(15)22-17(23)24/h1,3,5,7-10,16,22H,2,4,6H2,(H,23,24). The Morgan fingerprint density at radius 3 is 2.58 bits per heavy atom. The van der Waals surface area contributed by atoms with Gasteiger partial charge in [-0.05, 0) is 53.6 Å². The average molecular weight is 335 g/mol. The van der Waals surface area contributed by atoms with Crippen LogP contribution in [0.5, 0.6) is 0 Å². The summed E-state index contributed by atoms with van der Waals surface area (Å²) < 4.78 is 38.6. The fraction of sp³-hybridized carbons (Fsp3) is 0.278. The van der Waals surface area contributed by atoms with Gasteiger partial charge in [-0.1, -0.05) is 30.3 Å². The van der Waals surface area contributed by atoms with Gasteiger partial charge in [0, 0.05) is 0 Å². The molecule has 3 rings (SSSR count). The van der Waals surface area contributed by atoms with Crippen molar-refractivity contribution in [1.82, 2.24) is 5.32 Å². The molecule has 0 fully saturated rings. The lowest BCUT2D eigenvalue weighted by Crippen LogP contribution is -2.29. The molecule has 1 aliphatic carbocycles. The monoisotopic (exact) mass is 335 g/mol. The van der Waals surface area contributed by atoms with Crippen molar-refractivity contribution in [3.05, 3.63) is 59.2 Å². The van der Waals surface area contributed by atoms with Gasteiger partial charge in [0.1, 0.15) is 0 Å². The number of hydrogen-bond donors (Lipinski definition) is 2. The molecule has 0 aromatic heterocycles. The van der Waals surface area contributed by atoms with E-state index in [9.17, 15) is 18.0 Å². The predicted molar refractivity (Wildman–Crippen MR) is 83.7 cm³/mol. The first-order chi connectivity index (χ1) is 11.3. The molecular weight excluding hydrogens is 319 g/mol. The number of nitrogens with one attached hydrogen (secondary N) is 1. The molecule has 0 bridgehead atoms. The minimum Gasteiger partial charge on any atom is -0.465 e. The first-order valence-electron chi connectivity index (χ1n) is 7.64. The van der Waals surface area contributed by atoms with Crippen molar-refractivity contribution in [2.75, 3.05) is 0 Å². The molecule has 0 saturated heterocycles. The van der Waals surface area contributed by atoms with Gasteiger partial charge in [-0.15, -0.1) is 0 Å². The molecule has 2 N–H and O–H groups in total. The smallest absolute Gasteiger partial charge is 0.416 e. The van der Waals surface area contributed by atoms with Gasteiger partial charge in [0.25, 0.3) is 0 Å². The van der Waals surface area contributed by atoms with Crippen LogP contribution in [0.1, 0.15) is 35.6 Å². The Bertz CT molecular complexity index is 771. The van der Waals surface area contributed by atoms with E-state index in [1.54, 1.807) is 12.1 Å². The molecule has 0 spiro atoms. The van der Waals surface area contributed by atoms with Crippen LogP contribution in [0.25, 0.3) is 11.1 Å². The van der Waals surface area contributed by atoms with Crippen molar-refractivity contribution >= 4 is 6.09 Å². The van der Waals surface area contributed by atoms with E-state index < -0.39 is 17.8 Å². The van der Waals surface area contributed by atoms with E-state index in [2.05, 4.69) is 5.32 Å². The van der Waals surface area contributed by atoms with Crippen LogP contribution in [0, 0.1) is 0 Å². The SMILES string of the molecule is O=C(O)NC1CCCc2cc(-c3cccc(C(F)(F)F)c3)ccc21. The maximum atomic E-state index is 12.9. The number of halogens is 3. The molecular formula is C18H16F3NO2. The van der Waals surface area contributed by atoms with Gasteiger partial charge in [0.2, 0.25) is 0 Å². The Balaban J connectivity index is 1.96. The number of aryl methyl sites for hydroxylation is 1. The van der Waals surface area contributed by atoms with Gasteiger partial charge in [-0.3, -0.25) is 0 Å². The van der Waals surface area contributed by atoms with Gasteiger partial charge in [-0.25, -0.2) is 4.79 Å². The molecule has 24 heavy (non-hydrogen) atoms. The predicted octanol–water partition coefficient (Wildman–Crippen LogP) is 5.02. The Labute approximate surface area is 137 Å². The lowest BCUT2D eigenvalue weighted by molar-refractivity contribution is -0.137. The average Bonchev–Trinajstić information content (AvgIpc) is 2.53. The first-order valence-corrected chi connectivity index (χ1v) is 7.64. The van der Waals surface area contributed by atoms with E-state index in [1.807, 2.05) is 12.1 Å². The molecule has 0 aliphatic heterocycles. The second kappa shape index (κ2) is 6.19.